The molecule has 0 amide bonds. The van der Waals surface area contributed by atoms with Crippen LogP contribution in [-0.2, 0) is 9.84 Å². The quantitative estimate of drug-likeness (QED) is 0.833. The Morgan fingerprint density at radius 3 is 2.52 bits per heavy atom. The molecule has 124 valence electrons. The van der Waals surface area contributed by atoms with Crippen molar-refractivity contribution < 1.29 is 13.2 Å². The number of nitrogens with two attached hydrogens (primary N) is 1. The van der Waals surface area contributed by atoms with Gasteiger partial charge in [-0.3, -0.25) is 0 Å². The highest BCUT2D eigenvalue weighted by molar-refractivity contribution is 7.91. The summed E-state index contributed by atoms with van der Waals surface area (Å²) >= 11 is 0. The van der Waals surface area contributed by atoms with Gasteiger partial charge in [0.15, 0.2) is 0 Å². The van der Waals surface area contributed by atoms with Gasteiger partial charge in [0.25, 0.3) is 0 Å². The van der Waals surface area contributed by atoms with Crippen LogP contribution in [0.5, 0.6) is 5.75 Å². The zero-order valence-corrected chi connectivity index (χ0v) is 13.6. The van der Waals surface area contributed by atoms with Gasteiger partial charge in [-0.1, -0.05) is 0 Å². The Morgan fingerprint density at radius 1 is 1.22 bits per heavy atom. The summed E-state index contributed by atoms with van der Waals surface area (Å²) in [7, 11) is -2.81. The number of hydrogen-bond acceptors (Lipinski definition) is 7. The summed E-state index contributed by atoms with van der Waals surface area (Å²) in [5, 5.41) is 4.16. The Balaban J connectivity index is 1.52. The fourth-order valence-electron chi connectivity index (χ4n) is 2.57. The minimum absolute atomic E-state index is 0.274. The van der Waals surface area contributed by atoms with Crippen LogP contribution in [-0.4, -0.2) is 44.7 Å². The molecule has 2 aliphatic heterocycles. The summed E-state index contributed by atoms with van der Waals surface area (Å²) in [5.74, 6) is 1.95. The van der Waals surface area contributed by atoms with Crippen molar-refractivity contribution in [3.63, 3.8) is 0 Å². The van der Waals surface area contributed by atoms with E-state index in [4.69, 9.17) is 10.5 Å². The number of hydrazone groups is 1. The maximum Gasteiger partial charge on any atom is 0.209 e. The molecule has 2 aliphatic rings. The second-order valence-electron chi connectivity index (χ2n) is 5.80. The lowest BCUT2D eigenvalue weighted by Gasteiger charge is -2.22. The Bertz CT molecular complexity index is 712. The van der Waals surface area contributed by atoms with Gasteiger partial charge in [0.2, 0.25) is 5.96 Å². The number of aliphatic imine (C=N–C) groups is 1. The molecule has 3 rings (SSSR count). The monoisotopic (exact) mass is 336 g/mol. The molecule has 23 heavy (non-hydrogen) atoms. The standard InChI is InChI=1S/C15H20N4O3S/c16-15-17-9-14(18-19-15)12-1-3-13(4-2-12)22-10-11-5-7-23(20,21)8-6-11/h1-4,11H,5-10H2,(H3,16,17,19). The van der Waals surface area contributed by atoms with E-state index in [1.807, 2.05) is 24.3 Å². The summed E-state index contributed by atoms with van der Waals surface area (Å²) in [6.45, 7) is 1.01. The molecule has 1 aromatic carbocycles. The number of rotatable bonds is 4. The van der Waals surface area contributed by atoms with Crippen LogP contribution in [0.1, 0.15) is 18.4 Å². The Labute approximate surface area is 135 Å². The molecule has 1 aromatic rings. The van der Waals surface area contributed by atoms with Crippen LogP contribution in [0.15, 0.2) is 34.4 Å². The van der Waals surface area contributed by atoms with E-state index < -0.39 is 9.84 Å². The van der Waals surface area contributed by atoms with Crippen molar-refractivity contribution in [2.24, 2.45) is 21.7 Å². The minimum atomic E-state index is -2.81. The molecule has 0 bridgehead atoms. The first-order valence-corrected chi connectivity index (χ1v) is 9.40. The first kappa shape index (κ1) is 15.8. The SMILES string of the molecule is NC1=NCC(c2ccc(OCC3CCS(=O)(=O)CC3)cc2)=NN1. The number of sulfone groups is 1. The van der Waals surface area contributed by atoms with Gasteiger partial charge in [-0.25, -0.2) is 18.8 Å². The summed E-state index contributed by atoms with van der Waals surface area (Å²) in [5.41, 5.74) is 9.94. The molecular weight excluding hydrogens is 316 g/mol. The lowest BCUT2D eigenvalue weighted by Crippen LogP contribution is -2.33. The first-order valence-electron chi connectivity index (χ1n) is 7.58. The third-order valence-electron chi connectivity index (χ3n) is 4.05. The zero-order chi connectivity index (χ0) is 16.3. The van der Waals surface area contributed by atoms with E-state index in [9.17, 15) is 8.42 Å². The van der Waals surface area contributed by atoms with Gasteiger partial charge >= 0.3 is 0 Å². The maximum atomic E-state index is 11.4. The summed E-state index contributed by atoms with van der Waals surface area (Å²) < 4.78 is 28.6. The highest BCUT2D eigenvalue weighted by atomic mass is 32.2. The largest absolute Gasteiger partial charge is 0.493 e. The molecule has 0 unspecified atom stereocenters. The Kier molecular flexibility index (Phi) is 4.51. The summed E-state index contributed by atoms with van der Waals surface area (Å²) in [6, 6.07) is 7.63. The third kappa shape index (κ3) is 4.22. The number of benzene rings is 1. The van der Waals surface area contributed by atoms with Crippen molar-refractivity contribution in [2.45, 2.75) is 12.8 Å². The van der Waals surface area contributed by atoms with E-state index in [-0.39, 0.29) is 11.5 Å². The fourth-order valence-corrected chi connectivity index (χ4v) is 4.16. The van der Waals surface area contributed by atoms with Gasteiger partial charge in [0, 0.05) is 0 Å². The number of ether oxygens (including phenoxy) is 1. The molecule has 3 N–H and O–H groups in total. The topological polar surface area (TPSA) is 106 Å². The average Bonchev–Trinajstić information content (AvgIpc) is 2.55. The van der Waals surface area contributed by atoms with Crippen molar-refractivity contribution >= 4 is 21.5 Å². The molecule has 2 heterocycles. The number of nitrogens with one attached hydrogen (secondary N) is 1. The van der Waals surface area contributed by atoms with Gasteiger partial charge in [-0.05, 0) is 48.6 Å². The van der Waals surface area contributed by atoms with E-state index in [1.54, 1.807) is 0 Å². The fraction of sp³-hybridized carbons (Fsp3) is 0.467. The van der Waals surface area contributed by atoms with Crippen LogP contribution >= 0.6 is 0 Å². The second-order valence-corrected chi connectivity index (χ2v) is 8.11. The predicted octanol–water partition coefficient (Wildman–Crippen LogP) is 0.512. The van der Waals surface area contributed by atoms with Gasteiger partial charge < -0.3 is 10.5 Å². The molecule has 0 spiro atoms. The van der Waals surface area contributed by atoms with E-state index in [2.05, 4.69) is 15.5 Å². The second kappa shape index (κ2) is 6.57. The third-order valence-corrected chi connectivity index (χ3v) is 5.77. The van der Waals surface area contributed by atoms with Gasteiger partial charge in [0.1, 0.15) is 15.6 Å². The maximum absolute atomic E-state index is 11.4. The molecule has 1 saturated heterocycles. The van der Waals surface area contributed by atoms with E-state index in [0.717, 1.165) is 17.0 Å². The average molecular weight is 336 g/mol. The van der Waals surface area contributed by atoms with E-state index >= 15 is 0 Å². The van der Waals surface area contributed by atoms with Crippen LogP contribution in [0.2, 0.25) is 0 Å². The van der Waals surface area contributed by atoms with Crippen molar-refractivity contribution in [3.8, 4) is 5.75 Å². The predicted molar refractivity (Wildman–Crippen MR) is 89.5 cm³/mol. The van der Waals surface area contributed by atoms with E-state index in [0.29, 0.717) is 37.9 Å². The van der Waals surface area contributed by atoms with Crippen LogP contribution < -0.4 is 15.9 Å². The van der Waals surface area contributed by atoms with E-state index in [1.165, 1.54) is 0 Å². The number of hydrogen-bond donors (Lipinski definition) is 2. The summed E-state index contributed by atoms with van der Waals surface area (Å²) in [4.78, 5) is 4.09. The first-order chi connectivity index (χ1) is 11.0. The van der Waals surface area contributed by atoms with Crippen molar-refractivity contribution in [1.29, 1.82) is 0 Å². The van der Waals surface area contributed by atoms with Crippen LogP contribution in [0.25, 0.3) is 0 Å². The lowest BCUT2D eigenvalue weighted by molar-refractivity contribution is 0.238. The lowest BCUT2D eigenvalue weighted by atomic mass is 10.0. The number of guanidine groups is 1. The van der Waals surface area contributed by atoms with Crippen LogP contribution in [0, 0.1) is 5.92 Å². The van der Waals surface area contributed by atoms with Gasteiger partial charge in [0.05, 0.1) is 30.4 Å². The molecule has 0 aromatic heterocycles. The minimum Gasteiger partial charge on any atom is -0.493 e. The smallest absolute Gasteiger partial charge is 0.209 e. The Hall–Kier alpha value is -2.09. The normalized spacial score (nSPS) is 21.0. The van der Waals surface area contributed by atoms with Crippen molar-refractivity contribution in [1.82, 2.24) is 5.43 Å². The molecular formula is C15H20N4O3S. The molecule has 7 nitrogen and oxygen atoms in total. The zero-order valence-electron chi connectivity index (χ0n) is 12.7. The van der Waals surface area contributed by atoms with Gasteiger partial charge in [-0.2, -0.15) is 5.10 Å². The van der Waals surface area contributed by atoms with Gasteiger partial charge in [-0.15, -0.1) is 0 Å². The molecule has 0 radical (unpaired) electrons. The molecule has 0 saturated carbocycles. The molecule has 0 atom stereocenters. The van der Waals surface area contributed by atoms with Crippen molar-refractivity contribution in [3.05, 3.63) is 29.8 Å². The summed E-state index contributed by atoms with van der Waals surface area (Å²) in [6.07, 6.45) is 1.37. The molecule has 8 heteroatoms. The van der Waals surface area contributed by atoms with Crippen LogP contribution in [0.4, 0.5) is 0 Å². The highest BCUT2D eigenvalue weighted by Crippen LogP contribution is 2.21. The van der Waals surface area contributed by atoms with Crippen LogP contribution in [0.3, 0.4) is 0 Å². The van der Waals surface area contributed by atoms with Crippen molar-refractivity contribution in [2.75, 3.05) is 24.7 Å². The Morgan fingerprint density at radius 2 is 1.91 bits per heavy atom. The molecule has 0 aliphatic carbocycles. The highest BCUT2D eigenvalue weighted by Gasteiger charge is 2.23. The molecule has 1 fully saturated rings. The number of nitrogens with zero attached hydrogens (tertiary/aromatic N) is 2.